The second-order valence-corrected chi connectivity index (χ2v) is 5.99. The number of nitrogens with zero attached hydrogens (tertiary/aromatic N) is 1. The maximum absolute atomic E-state index is 5.76. The van der Waals surface area contributed by atoms with Gasteiger partial charge in [0.2, 0.25) is 0 Å². The highest BCUT2D eigenvalue weighted by Gasteiger charge is 2.21. The van der Waals surface area contributed by atoms with Gasteiger partial charge in [-0.3, -0.25) is 4.90 Å². The molecule has 0 amide bonds. The summed E-state index contributed by atoms with van der Waals surface area (Å²) in [5.74, 6) is 1.78. The number of piperazine rings is 1. The molecule has 4 heteroatoms. The fraction of sp³-hybridized carbons (Fsp3) is 0.625. The van der Waals surface area contributed by atoms with E-state index in [2.05, 4.69) is 36.2 Å². The predicted molar refractivity (Wildman–Crippen MR) is 79.4 cm³/mol. The van der Waals surface area contributed by atoms with Crippen LogP contribution in [0.2, 0.25) is 0 Å². The number of hydrogen-bond donors (Lipinski definition) is 1. The van der Waals surface area contributed by atoms with Crippen LogP contribution in [0.25, 0.3) is 0 Å². The predicted octanol–water partition coefficient (Wildman–Crippen LogP) is 2.03. The zero-order chi connectivity index (χ0) is 13.9. The highest BCUT2D eigenvalue weighted by Crippen LogP contribution is 2.30. The summed E-state index contributed by atoms with van der Waals surface area (Å²) in [6.45, 7) is 9.16. The molecule has 2 aliphatic rings. The van der Waals surface area contributed by atoms with E-state index >= 15 is 0 Å². The van der Waals surface area contributed by atoms with Crippen molar-refractivity contribution in [3.8, 4) is 11.5 Å². The number of nitrogens with one attached hydrogen (secondary N) is 1. The molecule has 2 aliphatic heterocycles. The molecule has 0 aliphatic carbocycles. The van der Waals surface area contributed by atoms with Gasteiger partial charge in [-0.05, 0) is 31.5 Å². The van der Waals surface area contributed by atoms with Crippen molar-refractivity contribution in [3.05, 3.63) is 23.8 Å². The molecule has 0 bridgehead atoms. The summed E-state index contributed by atoms with van der Waals surface area (Å²) in [7, 11) is 0. The zero-order valence-corrected chi connectivity index (χ0v) is 12.4. The number of hydrogen-bond acceptors (Lipinski definition) is 4. The second kappa shape index (κ2) is 6.02. The van der Waals surface area contributed by atoms with Gasteiger partial charge < -0.3 is 14.8 Å². The smallest absolute Gasteiger partial charge is 0.161 e. The van der Waals surface area contributed by atoms with Crippen molar-refractivity contribution in [1.82, 2.24) is 10.2 Å². The van der Waals surface area contributed by atoms with Crippen molar-refractivity contribution in [3.63, 3.8) is 0 Å². The van der Waals surface area contributed by atoms with Crippen molar-refractivity contribution in [2.24, 2.45) is 0 Å². The van der Waals surface area contributed by atoms with Crippen LogP contribution < -0.4 is 14.8 Å². The molecule has 20 heavy (non-hydrogen) atoms. The van der Waals surface area contributed by atoms with Gasteiger partial charge in [-0.1, -0.05) is 6.07 Å². The number of benzene rings is 1. The lowest BCUT2D eigenvalue weighted by Gasteiger charge is -2.36. The summed E-state index contributed by atoms with van der Waals surface area (Å²) in [5, 5.41) is 3.57. The normalized spacial score (nSPS) is 27.1. The van der Waals surface area contributed by atoms with E-state index in [1.54, 1.807) is 0 Å². The highest BCUT2D eigenvalue weighted by molar-refractivity contribution is 5.43. The molecule has 0 spiro atoms. The third-order valence-electron chi connectivity index (χ3n) is 3.85. The summed E-state index contributed by atoms with van der Waals surface area (Å²) in [6.07, 6.45) is 0.955. The molecule has 1 fully saturated rings. The molecule has 1 aromatic rings. The van der Waals surface area contributed by atoms with E-state index in [4.69, 9.17) is 9.47 Å². The van der Waals surface area contributed by atoms with Crippen molar-refractivity contribution >= 4 is 0 Å². The van der Waals surface area contributed by atoms with Crippen LogP contribution in [0, 0.1) is 0 Å². The molecule has 3 rings (SSSR count). The Hall–Kier alpha value is -1.26. The molecule has 2 heterocycles. The first-order valence-corrected chi connectivity index (χ1v) is 7.57. The molecule has 0 aromatic heterocycles. The van der Waals surface area contributed by atoms with E-state index < -0.39 is 0 Å². The minimum absolute atomic E-state index is 0.555. The number of fused-ring (bicyclic) bond motifs is 1. The third-order valence-corrected chi connectivity index (χ3v) is 3.85. The van der Waals surface area contributed by atoms with E-state index in [0.717, 1.165) is 50.8 Å². The Morgan fingerprint density at radius 1 is 1.10 bits per heavy atom. The van der Waals surface area contributed by atoms with Gasteiger partial charge in [0.25, 0.3) is 0 Å². The Balaban J connectivity index is 1.69. The van der Waals surface area contributed by atoms with Gasteiger partial charge in [-0.2, -0.15) is 0 Å². The Bertz CT molecular complexity index is 454. The van der Waals surface area contributed by atoms with Gasteiger partial charge >= 0.3 is 0 Å². The van der Waals surface area contributed by atoms with E-state index in [9.17, 15) is 0 Å². The average molecular weight is 276 g/mol. The minimum atomic E-state index is 0.555. The van der Waals surface area contributed by atoms with E-state index in [0.29, 0.717) is 12.1 Å². The lowest BCUT2D eigenvalue weighted by molar-refractivity contribution is 0.166. The first-order valence-electron chi connectivity index (χ1n) is 7.57. The van der Waals surface area contributed by atoms with E-state index in [1.807, 2.05) is 6.07 Å². The van der Waals surface area contributed by atoms with Gasteiger partial charge in [-0.15, -0.1) is 0 Å². The molecule has 4 nitrogen and oxygen atoms in total. The van der Waals surface area contributed by atoms with Gasteiger partial charge in [0, 0.05) is 38.1 Å². The Kier molecular flexibility index (Phi) is 4.13. The molecular formula is C16H24N2O2. The van der Waals surface area contributed by atoms with E-state index in [1.165, 1.54) is 5.56 Å². The highest BCUT2D eigenvalue weighted by atomic mass is 16.5. The monoisotopic (exact) mass is 276 g/mol. The third kappa shape index (κ3) is 3.25. The van der Waals surface area contributed by atoms with Gasteiger partial charge in [0.1, 0.15) is 0 Å². The van der Waals surface area contributed by atoms with Gasteiger partial charge in [-0.25, -0.2) is 0 Å². The van der Waals surface area contributed by atoms with Crippen LogP contribution in [-0.4, -0.2) is 43.3 Å². The lowest BCUT2D eigenvalue weighted by Crippen LogP contribution is -2.53. The average Bonchev–Trinajstić information content (AvgIpc) is 2.62. The van der Waals surface area contributed by atoms with Crippen molar-refractivity contribution in [2.75, 3.05) is 26.3 Å². The summed E-state index contributed by atoms with van der Waals surface area (Å²) >= 11 is 0. The standard InChI is InChI=1S/C16H24N2O2/c1-12-9-18(10-13(2)17-12)11-14-4-5-15-16(8-14)20-7-3-6-19-15/h4-5,8,12-13,17H,3,6-7,9-11H2,1-2H3. The van der Waals surface area contributed by atoms with Gasteiger partial charge in [0.15, 0.2) is 11.5 Å². The van der Waals surface area contributed by atoms with Crippen LogP contribution >= 0.6 is 0 Å². The molecule has 2 unspecified atom stereocenters. The fourth-order valence-electron chi connectivity index (χ4n) is 3.13. The molecule has 110 valence electrons. The Morgan fingerprint density at radius 2 is 1.80 bits per heavy atom. The molecular weight excluding hydrogens is 252 g/mol. The minimum Gasteiger partial charge on any atom is -0.490 e. The van der Waals surface area contributed by atoms with Gasteiger partial charge in [0.05, 0.1) is 13.2 Å². The maximum Gasteiger partial charge on any atom is 0.161 e. The van der Waals surface area contributed by atoms with Crippen molar-refractivity contribution in [2.45, 2.75) is 38.9 Å². The molecule has 1 aromatic carbocycles. The van der Waals surface area contributed by atoms with Crippen LogP contribution in [0.1, 0.15) is 25.8 Å². The number of ether oxygens (including phenoxy) is 2. The zero-order valence-electron chi connectivity index (χ0n) is 12.4. The van der Waals surface area contributed by atoms with Crippen LogP contribution in [0.5, 0.6) is 11.5 Å². The maximum atomic E-state index is 5.76. The first kappa shape index (κ1) is 13.7. The Labute approximate surface area is 121 Å². The number of rotatable bonds is 2. The quantitative estimate of drug-likeness (QED) is 0.896. The first-order chi connectivity index (χ1) is 9.70. The molecule has 2 atom stereocenters. The molecule has 0 radical (unpaired) electrons. The van der Waals surface area contributed by atoms with Crippen molar-refractivity contribution < 1.29 is 9.47 Å². The second-order valence-electron chi connectivity index (χ2n) is 5.99. The van der Waals surface area contributed by atoms with Crippen LogP contribution in [0.15, 0.2) is 18.2 Å². The summed E-state index contributed by atoms with van der Waals surface area (Å²) < 4.78 is 11.4. The molecule has 1 saturated heterocycles. The topological polar surface area (TPSA) is 33.7 Å². The van der Waals surface area contributed by atoms with Crippen LogP contribution in [0.4, 0.5) is 0 Å². The van der Waals surface area contributed by atoms with Crippen molar-refractivity contribution in [1.29, 1.82) is 0 Å². The molecule has 1 N–H and O–H groups in total. The Morgan fingerprint density at radius 3 is 2.55 bits per heavy atom. The largest absolute Gasteiger partial charge is 0.490 e. The summed E-state index contributed by atoms with van der Waals surface area (Å²) in [4.78, 5) is 2.51. The lowest BCUT2D eigenvalue weighted by atomic mass is 10.1. The van der Waals surface area contributed by atoms with Crippen LogP contribution in [0.3, 0.4) is 0 Å². The summed E-state index contributed by atoms with van der Waals surface area (Å²) in [5.41, 5.74) is 1.30. The van der Waals surface area contributed by atoms with E-state index in [-0.39, 0.29) is 0 Å². The fourth-order valence-corrected chi connectivity index (χ4v) is 3.13. The molecule has 0 saturated carbocycles. The SMILES string of the molecule is CC1CN(Cc2ccc3c(c2)OCCCO3)CC(C)N1. The van der Waals surface area contributed by atoms with Crippen LogP contribution in [-0.2, 0) is 6.54 Å². The summed E-state index contributed by atoms with van der Waals surface area (Å²) in [6, 6.07) is 7.45.